The third-order valence-electron chi connectivity index (χ3n) is 1.50. The van der Waals surface area contributed by atoms with Crippen LogP contribution in [0.4, 0.5) is 26.3 Å². The Kier molecular flexibility index (Phi) is 6.00. The van der Waals surface area contributed by atoms with Gasteiger partial charge in [-0.15, -0.1) is 0 Å². The summed E-state index contributed by atoms with van der Waals surface area (Å²) in [5.74, 6) is 0. The second-order valence-corrected chi connectivity index (χ2v) is 2.96. The Hall–Kier alpha value is -0.460. The highest BCUT2D eigenvalue weighted by Gasteiger charge is 2.42. The molecule has 0 aliphatic carbocycles. The van der Waals surface area contributed by atoms with E-state index in [0.717, 1.165) is 0 Å². The zero-order chi connectivity index (χ0) is 11.9. The van der Waals surface area contributed by atoms with E-state index in [9.17, 15) is 26.3 Å². The van der Waals surface area contributed by atoms with E-state index in [1.54, 1.807) is 0 Å². The molecule has 0 N–H and O–H groups in total. The van der Waals surface area contributed by atoms with Crippen LogP contribution in [0.5, 0.6) is 0 Å². The van der Waals surface area contributed by atoms with Crippen LogP contribution in [0.2, 0.25) is 0 Å². The number of halogens is 6. The van der Waals surface area contributed by atoms with Crippen molar-refractivity contribution in [3.05, 3.63) is 0 Å². The highest BCUT2D eigenvalue weighted by Crippen LogP contribution is 2.33. The smallest absolute Gasteiger partial charge is 0.255 e. The van der Waals surface area contributed by atoms with Crippen LogP contribution in [0.25, 0.3) is 0 Å². The normalized spacial score (nSPS) is 13.2. The van der Waals surface area contributed by atoms with Crippen molar-refractivity contribution >= 4 is 0 Å². The van der Waals surface area contributed by atoms with Gasteiger partial charge in [-0.2, -0.15) is 17.6 Å². The van der Waals surface area contributed by atoms with E-state index in [0.29, 0.717) is 0 Å². The topological polar surface area (TPSA) is 9.23 Å². The molecule has 0 saturated carbocycles. The van der Waals surface area contributed by atoms with Crippen LogP contribution in [0, 0.1) is 0 Å². The molecule has 1 nitrogen and oxygen atoms in total. The predicted octanol–water partition coefficient (Wildman–Crippen LogP) is 3.69. The number of alkyl halides is 6. The number of hydrogen-bond acceptors (Lipinski definition) is 1. The van der Waals surface area contributed by atoms with E-state index in [-0.39, 0.29) is 0 Å². The third kappa shape index (κ3) is 7.47. The highest BCUT2D eigenvalue weighted by molar-refractivity contribution is 4.60. The quantitative estimate of drug-likeness (QED) is 0.586. The second-order valence-electron chi connectivity index (χ2n) is 2.96. The fraction of sp³-hybridized carbons (Fsp3) is 1.00. The van der Waals surface area contributed by atoms with Gasteiger partial charge in [0.15, 0.2) is 0 Å². The maximum Gasteiger partial charge on any atom is 0.360 e. The Bertz CT molecular complexity index is 155. The molecule has 7 heteroatoms. The molecule has 0 rings (SSSR count). The molecule has 0 fully saturated rings. The lowest BCUT2D eigenvalue weighted by Crippen LogP contribution is -2.33. The van der Waals surface area contributed by atoms with Gasteiger partial charge in [-0.25, -0.2) is 0 Å². The molecule has 0 spiro atoms. The molecule has 15 heavy (non-hydrogen) atoms. The molecule has 0 unspecified atom stereocenters. The Morgan fingerprint density at radius 1 is 0.733 bits per heavy atom. The van der Waals surface area contributed by atoms with Gasteiger partial charge in [0.1, 0.15) is 0 Å². The highest BCUT2D eigenvalue weighted by atomic mass is 19.3. The van der Waals surface area contributed by atoms with Gasteiger partial charge in [-0.3, -0.25) is 13.5 Å². The molecule has 0 amide bonds. The Morgan fingerprint density at radius 2 is 1.07 bits per heavy atom. The first-order valence-corrected chi connectivity index (χ1v) is 4.41. The molecule has 92 valence electrons. The maximum atomic E-state index is 12.6. The summed E-state index contributed by atoms with van der Waals surface area (Å²) < 4.78 is 76.6. The van der Waals surface area contributed by atoms with Crippen LogP contribution < -0.4 is 0 Å². The van der Waals surface area contributed by atoms with Crippen molar-refractivity contribution in [2.75, 3.05) is 13.3 Å². The Morgan fingerprint density at radius 3 is 1.33 bits per heavy atom. The molecule has 0 aromatic carbocycles. The van der Waals surface area contributed by atoms with Crippen molar-refractivity contribution in [3.63, 3.8) is 0 Å². The van der Waals surface area contributed by atoms with Crippen molar-refractivity contribution < 1.29 is 31.1 Å². The number of rotatable bonds is 8. The van der Waals surface area contributed by atoms with Crippen LogP contribution >= 0.6 is 0 Å². The summed E-state index contributed by atoms with van der Waals surface area (Å²) in [6.07, 6.45) is -11.5. The van der Waals surface area contributed by atoms with Gasteiger partial charge in [0.25, 0.3) is 0 Å². The van der Waals surface area contributed by atoms with Crippen LogP contribution in [0.1, 0.15) is 25.7 Å². The average Bonchev–Trinajstić information content (AvgIpc) is 2.10. The van der Waals surface area contributed by atoms with E-state index >= 15 is 0 Å². The maximum absolute atomic E-state index is 12.6. The second kappa shape index (κ2) is 6.19. The first-order valence-electron chi connectivity index (χ1n) is 4.41. The van der Waals surface area contributed by atoms with Gasteiger partial charge < -0.3 is 0 Å². The van der Waals surface area contributed by atoms with Gasteiger partial charge in [0.05, 0.1) is 13.3 Å². The van der Waals surface area contributed by atoms with Gasteiger partial charge >= 0.3 is 12.2 Å². The van der Waals surface area contributed by atoms with Crippen LogP contribution in [0.15, 0.2) is 0 Å². The summed E-state index contributed by atoms with van der Waals surface area (Å²) in [4.78, 5) is 0. The lowest BCUT2D eigenvalue weighted by molar-refractivity contribution is -0.378. The van der Waals surface area contributed by atoms with E-state index in [1.807, 2.05) is 0 Å². The fourth-order valence-corrected chi connectivity index (χ4v) is 0.866. The monoisotopic (exact) mass is 238 g/mol. The first kappa shape index (κ1) is 14.5. The minimum atomic E-state index is -4.08. The molecule has 0 aliphatic rings. The van der Waals surface area contributed by atoms with Gasteiger partial charge in [0.2, 0.25) is 0 Å². The van der Waals surface area contributed by atoms with Crippen molar-refractivity contribution in [3.8, 4) is 0 Å². The fourth-order valence-electron chi connectivity index (χ4n) is 0.866. The Balaban J connectivity index is 4.04. The molecule has 0 aromatic heterocycles. The largest absolute Gasteiger partial charge is 0.360 e. The van der Waals surface area contributed by atoms with Crippen LogP contribution in [-0.4, -0.2) is 25.6 Å². The number of hydrogen-bond donors (Lipinski definition) is 0. The molecule has 0 heterocycles. The number of ether oxygens (including phenoxy) is 1. The summed E-state index contributed by atoms with van der Waals surface area (Å²) in [7, 11) is 0. The SMILES string of the molecule is FCCCC(F)(F)OC(F)(F)CCCF. The molecular weight excluding hydrogens is 226 g/mol. The molecule has 0 radical (unpaired) electrons. The zero-order valence-electron chi connectivity index (χ0n) is 7.92. The minimum Gasteiger partial charge on any atom is -0.255 e. The average molecular weight is 238 g/mol. The lowest BCUT2D eigenvalue weighted by atomic mass is 10.3. The molecule has 0 saturated heterocycles. The van der Waals surface area contributed by atoms with Gasteiger partial charge in [-0.1, -0.05) is 0 Å². The van der Waals surface area contributed by atoms with Crippen molar-refractivity contribution in [2.24, 2.45) is 0 Å². The van der Waals surface area contributed by atoms with E-state index < -0.39 is 51.2 Å². The van der Waals surface area contributed by atoms with Crippen molar-refractivity contribution in [1.82, 2.24) is 0 Å². The van der Waals surface area contributed by atoms with Gasteiger partial charge in [0, 0.05) is 12.8 Å². The summed E-state index contributed by atoms with van der Waals surface area (Å²) in [6.45, 7) is -2.07. The van der Waals surface area contributed by atoms with E-state index in [2.05, 4.69) is 4.74 Å². The van der Waals surface area contributed by atoms with Crippen LogP contribution in [-0.2, 0) is 4.74 Å². The molecule has 0 aliphatic heterocycles. The third-order valence-corrected chi connectivity index (χ3v) is 1.50. The lowest BCUT2D eigenvalue weighted by Gasteiger charge is -2.23. The standard InChI is InChI=1S/C8H12F6O/c9-5-1-3-7(11,12)15-8(13,14)4-2-6-10/h1-6H2. The minimum absolute atomic E-state index is 0.563. The van der Waals surface area contributed by atoms with E-state index in [4.69, 9.17) is 0 Å². The summed E-state index contributed by atoms with van der Waals surface area (Å²) >= 11 is 0. The zero-order valence-corrected chi connectivity index (χ0v) is 7.92. The Labute approximate surface area is 83.4 Å². The molecule has 0 atom stereocenters. The van der Waals surface area contributed by atoms with Gasteiger partial charge in [-0.05, 0) is 12.8 Å². The molecule has 0 bridgehead atoms. The molecule has 0 aromatic rings. The first-order chi connectivity index (χ1) is 6.83. The molecular formula is C8H12F6O. The van der Waals surface area contributed by atoms with Crippen LogP contribution in [0.3, 0.4) is 0 Å². The summed E-state index contributed by atoms with van der Waals surface area (Å²) in [5.41, 5.74) is 0. The van der Waals surface area contributed by atoms with Crippen molar-refractivity contribution in [2.45, 2.75) is 37.9 Å². The van der Waals surface area contributed by atoms with E-state index in [1.165, 1.54) is 0 Å². The summed E-state index contributed by atoms with van der Waals surface area (Å²) in [5, 5.41) is 0. The van der Waals surface area contributed by atoms with Crippen molar-refractivity contribution in [1.29, 1.82) is 0 Å². The predicted molar refractivity (Wildman–Crippen MR) is 41.4 cm³/mol. The summed E-state index contributed by atoms with van der Waals surface area (Å²) in [6, 6.07) is 0.